The second-order valence-corrected chi connectivity index (χ2v) is 12.2. The van der Waals surface area contributed by atoms with Gasteiger partial charge in [0.1, 0.15) is 29.5 Å². The lowest BCUT2D eigenvalue weighted by molar-refractivity contribution is 0.482. The van der Waals surface area contributed by atoms with Gasteiger partial charge in [-0.2, -0.15) is 0 Å². The van der Waals surface area contributed by atoms with Gasteiger partial charge in [0.05, 0.1) is 5.02 Å². The van der Waals surface area contributed by atoms with Gasteiger partial charge in [-0.1, -0.05) is 78.4 Å². The Kier molecular flexibility index (Phi) is 7.05. The zero-order valence-electron chi connectivity index (χ0n) is 16.8. The molecule has 0 bridgehead atoms. The molecule has 0 N–H and O–H groups in total. The highest BCUT2D eigenvalue weighted by atomic mass is 35.5. The van der Waals surface area contributed by atoms with Crippen molar-refractivity contribution in [2.45, 2.75) is 26.2 Å². The summed E-state index contributed by atoms with van der Waals surface area (Å²) in [5, 5.41) is 1.21. The van der Waals surface area contributed by atoms with Gasteiger partial charge < -0.3 is 4.74 Å². The highest BCUT2D eigenvalue weighted by molar-refractivity contribution is 6.95. The summed E-state index contributed by atoms with van der Waals surface area (Å²) in [7, 11) is -2.83. The summed E-state index contributed by atoms with van der Waals surface area (Å²) in [6.45, 7) is 2.91. The van der Waals surface area contributed by atoms with Crippen LogP contribution in [0.25, 0.3) is 0 Å². The first-order chi connectivity index (χ1) is 14.3. The molecule has 0 atom stereocenters. The van der Waals surface area contributed by atoms with Crippen molar-refractivity contribution in [2.75, 3.05) is 0 Å². The van der Waals surface area contributed by atoms with Crippen LogP contribution in [-0.4, -0.2) is 8.07 Å². The van der Waals surface area contributed by atoms with Crippen LogP contribution in [0.5, 0.6) is 11.5 Å². The summed E-state index contributed by atoms with van der Waals surface area (Å²) in [5.41, 5.74) is 0.450. The average Bonchev–Trinajstić information content (AvgIpc) is 2.76. The topological polar surface area (TPSA) is 9.23 Å². The third-order valence-electron chi connectivity index (χ3n) is 4.96. The molecule has 0 fully saturated rings. The van der Waals surface area contributed by atoms with E-state index < -0.39 is 26.0 Å². The molecule has 3 aromatic carbocycles. The quantitative estimate of drug-likeness (QED) is 0.342. The molecular weight excluding hydrogens is 425 g/mol. The Balaban J connectivity index is 1.74. The fourth-order valence-corrected chi connectivity index (χ4v) is 5.26. The van der Waals surface area contributed by atoms with Crippen LogP contribution in [0.3, 0.4) is 0 Å². The molecule has 3 rings (SSSR count). The number of benzene rings is 3. The molecule has 0 heterocycles. The molecule has 0 unspecified atom stereocenters. The van der Waals surface area contributed by atoms with E-state index in [0.29, 0.717) is 27.6 Å². The monoisotopic (exact) mass is 446 g/mol. The second-order valence-electron chi connectivity index (χ2n) is 7.53. The van der Waals surface area contributed by atoms with E-state index >= 15 is 0 Å². The van der Waals surface area contributed by atoms with Gasteiger partial charge in [0.2, 0.25) is 0 Å². The third kappa shape index (κ3) is 5.15. The number of allylic oxidation sites excluding steroid dienone is 1. The fraction of sp³-hybridized carbons (Fsp3) is 0.167. The summed E-state index contributed by atoms with van der Waals surface area (Å²) in [6, 6.07) is 20.5. The summed E-state index contributed by atoms with van der Waals surface area (Å²) in [5.74, 6) is 0.302. The number of para-hydroxylation sites is 1. The van der Waals surface area contributed by atoms with Crippen LogP contribution < -0.4 is 9.92 Å². The standard InChI is InChI=1S/C24H22ClF3OSi/c1-30(2,20-13-9-18(16-26)10-14-20)24(28)22(27)15-17-7-11-19(12-8-17)29-23-6-4-3-5-21(23)25/h3-14H,15-16H2,1-2H3/b24-22+. The van der Waals surface area contributed by atoms with E-state index in [4.69, 9.17) is 16.3 Å². The Hall–Kier alpha value is -2.50. The minimum atomic E-state index is -2.83. The van der Waals surface area contributed by atoms with E-state index in [-0.39, 0.29) is 6.42 Å². The lowest BCUT2D eigenvalue weighted by Gasteiger charge is -2.22. The zero-order chi connectivity index (χ0) is 21.7. The van der Waals surface area contributed by atoms with Crippen LogP contribution in [0, 0.1) is 0 Å². The highest BCUT2D eigenvalue weighted by Crippen LogP contribution is 2.30. The lowest BCUT2D eigenvalue weighted by atomic mass is 10.1. The van der Waals surface area contributed by atoms with Gasteiger partial charge >= 0.3 is 0 Å². The Morgan fingerprint density at radius 3 is 2.07 bits per heavy atom. The number of ether oxygens (including phenoxy) is 1. The molecule has 0 aliphatic heterocycles. The molecule has 0 saturated heterocycles. The first-order valence-electron chi connectivity index (χ1n) is 9.52. The molecule has 156 valence electrons. The van der Waals surface area contributed by atoms with Gasteiger partial charge in [-0.3, -0.25) is 0 Å². The zero-order valence-corrected chi connectivity index (χ0v) is 18.5. The fourth-order valence-electron chi connectivity index (χ4n) is 3.06. The van der Waals surface area contributed by atoms with Crippen LogP contribution in [0.4, 0.5) is 13.2 Å². The maximum Gasteiger partial charge on any atom is 0.151 e. The van der Waals surface area contributed by atoms with E-state index in [0.717, 1.165) is 5.19 Å². The van der Waals surface area contributed by atoms with Crippen molar-refractivity contribution in [1.82, 2.24) is 0 Å². The number of alkyl halides is 1. The minimum Gasteiger partial charge on any atom is -0.456 e. The maximum absolute atomic E-state index is 15.0. The Labute approximate surface area is 180 Å². The van der Waals surface area contributed by atoms with Gasteiger partial charge in [0.25, 0.3) is 0 Å². The molecule has 3 aromatic rings. The Morgan fingerprint density at radius 2 is 1.47 bits per heavy atom. The molecule has 0 saturated carbocycles. The van der Waals surface area contributed by atoms with Gasteiger partial charge in [0.15, 0.2) is 8.07 Å². The number of halogens is 4. The van der Waals surface area contributed by atoms with E-state index in [1.165, 1.54) is 0 Å². The van der Waals surface area contributed by atoms with Gasteiger partial charge in [-0.25, -0.2) is 13.2 Å². The number of rotatable bonds is 7. The third-order valence-corrected chi connectivity index (χ3v) is 8.42. The van der Waals surface area contributed by atoms with Crippen molar-refractivity contribution < 1.29 is 17.9 Å². The largest absolute Gasteiger partial charge is 0.456 e. The summed E-state index contributed by atoms with van der Waals surface area (Å²) in [6.07, 6.45) is -0.142. The molecule has 0 radical (unpaired) electrons. The van der Waals surface area contributed by atoms with E-state index in [2.05, 4.69) is 0 Å². The first-order valence-corrected chi connectivity index (χ1v) is 12.9. The van der Waals surface area contributed by atoms with E-state index in [1.54, 1.807) is 73.8 Å². The van der Waals surface area contributed by atoms with E-state index in [1.807, 2.05) is 12.1 Å². The molecule has 0 amide bonds. The van der Waals surface area contributed by atoms with Crippen molar-refractivity contribution >= 4 is 24.9 Å². The van der Waals surface area contributed by atoms with Crippen LogP contribution in [0.1, 0.15) is 11.1 Å². The molecule has 0 aromatic heterocycles. The van der Waals surface area contributed by atoms with Crippen molar-refractivity contribution in [2.24, 2.45) is 0 Å². The summed E-state index contributed by atoms with van der Waals surface area (Å²) < 4.78 is 48.2. The maximum atomic E-state index is 15.0. The predicted molar refractivity (Wildman–Crippen MR) is 119 cm³/mol. The normalized spacial score (nSPS) is 12.5. The van der Waals surface area contributed by atoms with Crippen LogP contribution >= 0.6 is 11.6 Å². The number of hydrogen-bond donors (Lipinski definition) is 0. The van der Waals surface area contributed by atoms with Gasteiger partial charge in [-0.05, 0) is 35.4 Å². The molecular formula is C24H22ClF3OSi. The highest BCUT2D eigenvalue weighted by Gasteiger charge is 2.32. The molecule has 0 aliphatic carbocycles. The molecule has 0 aliphatic rings. The minimum absolute atomic E-state index is 0.142. The predicted octanol–water partition coefficient (Wildman–Crippen LogP) is 7.45. The molecule has 30 heavy (non-hydrogen) atoms. The van der Waals surface area contributed by atoms with Crippen molar-refractivity contribution in [1.29, 1.82) is 0 Å². The lowest BCUT2D eigenvalue weighted by Crippen LogP contribution is -2.43. The van der Waals surface area contributed by atoms with Gasteiger partial charge in [-0.15, -0.1) is 0 Å². The first kappa shape index (κ1) is 22.2. The van der Waals surface area contributed by atoms with Crippen molar-refractivity contribution in [3.05, 3.63) is 100 Å². The number of hydrogen-bond acceptors (Lipinski definition) is 1. The second kappa shape index (κ2) is 9.54. The molecule has 1 nitrogen and oxygen atoms in total. The SMILES string of the molecule is C[Si](C)(/C(F)=C(/F)Cc1ccc(Oc2ccccc2Cl)cc1)c1ccc(CF)cc1. The molecule has 6 heteroatoms. The van der Waals surface area contributed by atoms with Crippen molar-refractivity contribution in [3.63, 3.8) is 0 Å². The van der Waals surface area contributed by atoms with E-state index in [9.17, 15) is 13.2 Å². The van der Waals surface area contributed by atoms with Crippen LogP contribution in [0.2, 0.25) is 18.1 Å². The molecule has 0 spiro atoms. The average molecular weight is 447 g/mol. The Morgan fingerprint density at radius 1 is 0.867 bits per heavy atom. The van der Waals surface area contributed by atoms with Gasteiger partial charge in [0, 0.05) is 6.42 Å². The summed E-state index contributed by atoms with van der Waals surface area (Å²) in [4.78, 5) is 0. The smallest absolute Gasteiger partial charge is 0.151 e. The van der Waals surface area contributed by atoms with Crippen LogP contribution in [-0.2, 0) is 13.1 Å². The Bertz CT molecular complexity index is 1030. The van der Waals surface area contributed by atoms with Crippen LogP contribution in [0.15, 0.2) is 84.1 Å². The summed E-state index contributed by atoms with van der Waals surface area (Å²) >= 11 is 6.08. The van der Waals surface area contributed by atoms with Crippen molar-refractivity contribution in [3.8, 4) is 11.5 Å².